The maximum absolute atomic E-state index is 5.74. The fourth-order valence-corrected chi connectivity index (χ4v) is 2.30. The van der Waals surface area contributed by atoms with E-state index < -0.39 is 0 Å². The number of aromatic nitrogens is 1. The zero-order chi connectivity index (χ0) is 13.0. The average Bonchev–Trinajstić information content (AvgIpc) is 2.41. The van der Waals surface area contributed by atoms with E-state index in [1.54, 1.807) is 6.20 Å². The van der Waals surface area contributed by atoms with Gasteiger partial charge in [0.1, 0.15) is 5.82 Å². The molecule has 1 aromatic heterocycles. The van der Waals surface area contributed by atoms with Crippen LogP contribution in [0, 0.1) is 0 Å². The fourth-order valence-electron chi connectivity index (χ4n) is 1.89. The molecule has 4 heteroatoms. The second-order valence-electron chi connectivity index (χ2n) is 4.14. The van der Waals surface area contributed by atoms with Crippen LogP contribution in [-0.2, 0) is 13.1 Å². The van der Waals surface area contributed by atoms with Crippen LogP contribution in [0.1, 0.15) is 11.1 Å². The van der Waals surface area contributed by atoms with Gasteiger partial charge in [-0.2, -0.15) is 0 Å². The monoisotopic (exact) mass is 305 g/mol. The maximum atomic E-state index is 5.74. The molecule has 0 atom stereocenters. The third kappa shape index (κ3) is 2.89. The molecule has 0 aliphatic carbocycles. The molecule has 3 nitrogen and oxygen atoms in total. The first-order chi connectivity index (χ1) is 8.72. The Balaban J connectivity index is 2.22. The first-order valence-electron chi connectivity index (χ1n) is 5.81. The summed E-state index contributed by atoms with van der Waals surface area (Å²) in [6.07, 6.45) is 1.80. The van der Waals surface area contributed by atoms with Gasteiger partial charge < -0.3 is 10.6 Å². The lowest BCUT2D eigenvalue weighted by Gasteiger charge is -2.21. The van der Waals surface area contributed by atoms with Crippen molar-refractivity contribution in [1.82, 2.24) is 4.98 Å². The molecule has 0 unspecified atom stereocenters. The van der Waals surface area contributed by atoms with Crippen molar-refractivity contribution in [2.24, 2.45) is 5.73 Å². The lowest BCUT2D eigenvalue weighted by atomic mass is 10.2. The highest BCUT2D eigenvalue weighted by molar-refractivity contribution is 9.10. The highest BCUT2D eigenvalue weighted by atomic mass is 79.9. The Morgan fingerprint density at radius 3 is 2.61 bits per heavy atom. The van der Waals surface area contributed by atoms with Gasteiger partial charge in [-0.15, -0.1) is 0 Å². The SMILES string of the molecule is CN(Cc1ccccc1Br)c1ncccc1CN. The Kier molecular flexibility index (Phi) is 4.33. The van der Waals surface area contributed by atoms with Gasteiger partial charge >= 0.3 is 0 Å². The number of halogens is 1. The van der Waals surface area contributed by atoms with Crippen LogP contribution in [0.3, 0.4) is 0 Å². The molecule has 0 amide bonds. The topological polar surface area (TPSA) is 42.2 Å². The van der Waals surface area contributed by atoms with Crippen LogP contribution in [0.4, 0.5) is 5.82 Å². The summed E-state index contributed by atoms with van der Waals surface area (Å²) in [6.45, 7) is 1.30. The molecule has 0 radical (unpaired) electrons. The van der Waals surface area contributed by atoms with Gasteiger partial charge in [-0.25, -0.2) is 4.98 Å². The van der Waals surface area contributed by atoms with Crippen LogP contribution < -0.4 is 10.6 Å². The molecule has 2 N–H and O–H groups in total. The lowest BCUT2D eigenvalue weighted by Crippen LogP contribution is -2.20. The summed E-state index contributed by atoms with van der Waals surface area (Å²) < 4.78 is 1.11. The van der Waals surface area contributed by atoms with Crippen molar-refractivity contribution in [3.63, 3.8) is 0 Å². The molecular weight excluding hydrogens is 290 g/mol. The molecular formula is C14H16BrN3. The van der Waals surface area contributed by atoms with Gasteiger partial charge in [0.25, 0.3) is 0 Å². The highest BCUT2D eigenvalue weighted by Crippen LogP contribution is 2.21. The summed E-state index contributed by atoms with van der Waals surface area (Å²) >= 11 is 3.56. The van der Waals surface area contributed by atoms with E-state index in [1.807, 2.05) is 37.4 Å². The van der Waals surface area contributed by atoms with Gasteiger partial charge in [-0.1, -0.05) is 40.2 Å². The van der Waals surface area contributed by atoms with Crippen molar-refractivity contribution < 1.29 is 0 Å². The molecule has 94 valence electrons. The number of nitrogens with two attached hydrogens (primary N) is 1. The quantitative estimate of drug-likeness (QED) is 0.944. The molecule has 0 fully saturated rings. The zero-order valence-electron chi connectivity index (χ0n) is 10.3. The third-order valence-electron chi connectivity index (χ3n) is 2.81. The van der Waals surface area contributed by atoms with Crippen molar-refractivity contribution in [2.75, 3.05) is 11.9 Å². The van der Waals surface area contributed by atoms with E-state index >= 15 is 0 Å². The van der Waals surface area contributed by atoms with E-state index in [0.717, 1.165) is 22.4 Å². The van der Waals surface area contributed by atoms with E-state index in [0.29, 0.717) is 6.54 Å². The number of hydrogen-bond acceptors (Lipinski definition) is 3. The number of pyridine rings is 1. The van der Waals surface area contributed by atoms with Crippen LogP contribution in [0.5, 0.6) is 0 Å². The smallest absolute Gasteiger partial charge is 0.133 e. The second-order valence-corrected chi connectivity index (χ2v) is 4.99. The van der Waals surface area contributed by atoms with Gasteiger partial charge in [-0.3, -0.25) is 0 Å². The molecule has 0 aliphatic rings. The largest absolute Gasteiger partial charge is 0.355 e. The minimum absolute atomic E-state index is 0.503. The van der Waals surface area contributed by atoms with E-state index in [4.69, 9.17) is 5.73 Å². The Morgan fingerprint density at radius 1 is 1.17 bits per heavy atom. The Labute approximate surface area is 116 Å². The van der Waals surface area contributed by atoms with Crippen LogP contribution in [0.2, 0.25) is 0 Å². The van der Waals surface area contributed by atoms with Gasteiger partial charge in [0.05, 0.1) is 0 Å². The molecule has 0 spiro atoms. The highest BCUT2D eigenvalue weighted by Gasteiger charge is 2.09. The predicted octanol–water partition coefficient (Wildman–Crippen LogP) is 2.94. The first kappa shape index (κ1) is 13.1. The predicted molar refractivity (Wildman–Crippen MR) is 78.4 cm³/mol. The van der Waals surface area contributed by atoms with Crippen LogP contribution in [-0.4, -0.2) is 12.0 Å². The first-order valence-corrected chi connectivity index (χ1v) is 6.60. The molecule has 2 aromatic rings. The summed E-state index contributed by atoms with van der Waals surface area (Å²) in [5, 5.41) is 0. The summed E-state index contributed by atoms with van der Waals surface area (Å²) in [4.78, 5) is 6.52. The van der Waals surface area contributed by atoms with Crippen molar-refractivity contribution >= 4 is 21.7 Å². The van der Waals surface area contributed by atoms with Crippen LogP contribution in [0.25, 0.3) is 0 Å². The minimum atomic E-state index is 0.503. The Bertz CT molecular complexity index is 528. The molecule has 2 rings (SSSR count). The Morgan fingerprint density at radius 2 is 1.89 bits per heavy atom. The van der Waals surface area contributed by atoms with Crippen molar-refractivity contribution in [2.45, 2.75) is 13.1 Å². The molecule has 1 aromatic carbocycles. The van der Waals surface area contributed by atoms with Gasteiger partial charge in [-0.05, 0) is 17.7 Å². The third-order valence-corrected chi connectivity index (χ3v) is 3.59. The zero-order valence-corrected chi connectivity index (χ0v) is 11.9. The van der Waals surface area contributed by atoms with E-state index in [-0.39, 0.29) is 0 Å². The summed E-state index contributed by atoms with van der Waals surface area (Å²) in [5.74, 6) is 0.941. The molecule has 0 saturated heterocycles. The summed E-state index contributed by atoms with van der Waals surface area (Å²) in [6, 6.07) is 12.1. The molecule has 1 heterocycles. The average molecular weight is 306 g/mol. The van der Waals surface area contributed by atoms with Gasteiger partial charge in [0, 0.05) is 36.4 Å². The van der Waals surface area contributed by atoms with Gasteiger partial charge in [0.15, 0.2) is 0 Å². The normalized spacial score (nSPS) is 10.4. The number of nitrogens with zero attached hydrogens (tertiary/aromatic N) is 2. The number of rotatable bonds is 4. The van der Waals surface area contributed by atoms with Crippen molar-refractivity contribution in [3.05, 3.63) is 58.2 Å². The van der Waals surface area contributed by atoms with E-state index in [2.05, 4.69) is 31.9 Å². The van der Waals surface area contributed by atoms with Crippen molar-refractivity contribution in [1.29, 1.82) is 0 Å². The molecule has 18 heavy (non-hydrogen) atoms. The Hall–Kier alpha value is -1.39. The summed E-state index contributed by atoms with van der Waals surface area (Å²) in [7, 11) is 2.03. The molecule has 0 aliphatic heterocycles. The van der Waals surface area contributed by atoms with E-state index in [9.17, 15) is 0 Å². The number of benzene rings is 1. The minimum Gasteiger partial charge on any atom is -0.355 e. The van der Waals surface area contributed by atoms with Crippen LogP contribution in [0.15, 0.2) is 47.1 Å². The number of anilines is 1. The number of hydrogen-bond donors (Lipinski definition) is 1. The lowest BCUT2D eigenvalue weighted by molar-refractivity contribution is 0.873. The standard InChI is InChI=1S/C14H16BrN3/c1-18(10-12-5-2-3-7-13(12)15)14-11(9-16)6-4-8-17-14/h2-8H,9-10,16H2,1H3. The molecule has 0 saturated carbocycles. The second kappa shape index (κ2) is 5.98. The van der Waals surface area contributed by atoms with E-state index in [1.165, 1.54) is 5.56 Å². The van der Waals surface area contributed by atoms with Crippen molar-refractivity contribution in [3.8, 4) is 0 Å². The maximum Gasteiger partial charge on any atom is 0.133 e. The van der Waals surface area contributed by atoms with Crippen LogP contribution >= 0.6 is 15.9 Å². The summed E-state index contributed by atoms with van der Waals surface area (Å²) in [5.41, 5.74) is 8.03. The fraction of sp³-hybridized carbons (Fsp3) is 0.214. The van der Waals surface area contributed by atoms with Gasteiger partial charge in [0.2, 0.25) is 0 Å². The molecule has 0 bridgehead atoms.